The maximum Gasteiger partial charge on any atom is 0.317 e. The van der Waals surface area contributed by atoms with E-state index in [-0.39, 0.29) is 30.4 Å². The molecule has 6 aliphatic heterocycles. The number of nitrogens with zero attached hydrogens (tertiary/aromatic N) is 1. The molecule has 89 heavy (non-hydrogen) atoms. The van der Waals surface area contributed by atoms with E-state index >= 15 is 0 Å². The van der Waals surface area contributed by atoms with E-state index in [1.165, 1.54) is 90.0 Å². The van der Waals surface area contributed by atoms with E-state index in [0.29, 0.717) is 25.0 Å². The molecule has 0 aromatic rings. The van der Waals surface area contributed by atoms with Crippen molar-refractivity contribution in [2.24, 2.45) is 21.2 Å². The Bertz CT molecular complexity index is 2710. The Hall–Kier alpha value is -2.45. The van der Waals surface area contributed by atoms with Gasteiger partial charge in [0.15, 0.2) is 5.66 Å². The molecule has 6 aliphatic rings. The SMILES string of the molecule is C=NC12CSC(CCCCC(=O)O[C@]3(C)OC(C)(CO)[C@@](C)(O)C(C)(COCC4(C)OC(C)(C)[C@@](C)(COCC5(C)OC(C)(CO)[C@@](C)(O)C(C)(O)C5(C)COC[C@]5(C)OC(C)(C)[C@@](C)(O)C(C)(O)C5(C)O)C(C)(O)C4(C)O)C3(C)NC(C)=O)[C@H]1NC(=O)N2. The van der Waals surface area contributed by atoms with Crippen LogP contribution in [0.3, 0.4) is 0 Å². The number of aliphatic hydroxyl groups is 10. The van der Waals surface area contributed by atoms with Crippen molar-refractivity contribution in [2.45, 2.75) is 297 Å². The molecule has 25 nitrogen and oxygen atoms in total. The second-order valence-electron chi connectivity index (χ2n) is 31.4. The van der Waals surface area contributed by atoms with Crippen molar-refractivity contribution >= 4 is 36.4 Å². The predicted octanol–water partition coefficient (Wildman–Crippen LogP) is 2.43. The third-order valence-electron chi connectivity index (χ3n) is 25.7. The molecule has 0 aliphatic carbocycles. The Morgan fingerprint density at radius 3 is 1.48 bits per heavy atom. The fourth-order valence-corrected chi connectivity index (χ4v) is 17.5. The molecule has 21 atom stereocenters. The average molecular weight is 1290 g/mol. The summed E-state index contributed by atoms with van der Waals surface area (Å²) >= 11 is 1.65. The summed E-state index contributed by atoms with van der Waals surface area (Å²) < 4.78 is 52.6. The standard InChI is InChI=1S/C63H112N4O21S/c1-38(70)66-53(14)47(8,55(16,74)48(9,29-68)88-62(53,23)84-40(71)28-26-25-27-39-41-63(64-24,37-89-39)67-42(72)65-41)33-83-35-51(12)59(20,78)56(17,75)45(6,43(2,3)85-51)31-81-34-50(11)46(7,57(18,76)58(19,77)49(10,30-69)87-50)32-82-36-52(13)60(21,79)61(22,80)54(15,73)44(4,5)86-52/h39,41,68-69,73-80H,24-37H2,1-23H3,(H,66,70)(H2,65,67,72)/t39?,41-,45-,46?,47?,48?,49?,50?,51?,52+,53?,54-,55+,56?,57?,58-,59?,60?,61?,62-,63?/m1/s1. The third-order valence-corrected chi connectivity index (χ3v) is 27.3. The third kappa shape index (κ3) is 10.3. The number of aliphatic hydroxyl groups excluding tert-OH is 2. The smallest absolute Gasteiger partial charge is 0.317 e. The Morgan fingerprint density at radius 1 is 0.551 bits per heavy atom. The van der Waals surface area contributed by atoms with Crippen LogP contribution in [0, 0.1) is 16.2 Å². The Labute approximate surface area is 530 Å². The second kappa shape index (κ2) is 22.6. The first-order valence-electron chi connectivity index (χ1n) is 31.0. The number of aliphatic imine (C=N–C) groups is 1. The van der Waals surface area contributed by atoms with Crippen LogP contribution in [0.2, 0.25) is 0 Å². The number of nitrogens with one attached hydrogen (secondary N) is 3. The van der Waals surface area contributed by atoms with Crippen molar-refractivity contribution < 1.29 is 103 Å². The Balaban J connectivity index is 1.24. The first-order chi connectivity index (χ1) is 39.7. The number of hydrogen-bond acceptors (Lipinski definition) is 23. The molecule has 6 heterocycles. The zero-order valence-corrected chi connectivity index (χ0v) is 58.2. The molecule has 0 radical (unpaired) electrons. The van der Waals surface area contributed by atoms with Crippen LogP contribution in [-0.2, 0) is 47.5 Å². The van der Waals surface area contributed by atoms with Crippen molar-refractivity contribution in [3.05, 3.63) is 0 Å². The van der Waals surface area contributed by atoms with Crippen molar-refractivity contribution in [3.63, 3.8) is 0 Å². The number of unbranched alkanes of at least 4 members (excludes halogenated alkanes) is 1. The van der Waals surface area contributed by atoms with Gasteiger partial charge in [0.2, 0.25) is 11.7 Å². The van der Waals surface area contributed by atoms with Gasteiger partial charge in [0.25, 0.3) is 0 Å². The first-order valence-corrected chi connectivity index (χ1v) is 32.0. The van der Waals surface area contributed by atoms with Crippen LogP contribution in [0.1, 0.15) is 185 Å². The number of esters is 1. The molecule has 0 aromatic carbocycles. The summed E-state index contributed by atoms with van der Waals surface area (Å²) in [5.41, 5.74) is -36.4. The molecule has 14 unspecified atom stereocenters. The fraction of sp³-hybridized carbons (Fsp3) is 0.937. The largest absolute Gasteiger partial charge is 0.431 e. The highest BCUT2D eigenvalue weighted by molar-refractivity contribution is 8.00. The fourth-order valence-electron chi connectivity index (χ4n) is 15.8. The molecule has 0 bridgehead atoms. The number of carbonyl (C=O) groups excluding carboxylic acids is 3. The number of ether oxygens (including phenoxy) is 8. The van der Waals surface area contributed by atoms with Gasteiger partial charge in [-0.15, -0.1) is 0 Å². The van der Waals surface area contributed by atoms with E-state index in [4.69, 9.17) is 37.9 Å². The highest BCUT2D eigenvalue weighted by atomic mass is 32.2. The monoisotopic (exact) mass is 1290 g/mol. The second-order valence-corrected chi connectivity index (χ2v) is 32.7. The summed E-state index contributed by atoms with van der Waals surface area (Å²) in [5.74, 6) is -2.82. The molecule has 6 fully saturated rings. The summed E-state index contributed by atoms with van der Waals surface area (Å²) in [6.07, 6.45) is 1.53. The first kappa shape index (κ1) is 75.6. The number of thioether (sulfide) groups is 1. The number of fused-ring (bicyclic) bond motifs is 1. The van der Waals surface area contributed by atoms with E-state index in [1.54, 1.807) is 81.0 Å². The van der Waals surface area contributed by atoms with Crippen molar-refractivity contribution in [2.75, 3.05) is 58.6 Å². The molecule has 3 amide bonds. The molecule has 0 saturated carbocycles. The Morgan fingerprint density at radius 2 is 0.989 bits per heavy atom. The molecule has 6 rings (SSSR count). The maximum absolute atomic E-state index is 14.0. The molecule has 0 spiro atoms. The number of hydrogen-bond donors (Lipinski definition) is 13. The van der Waals surface area contributed by atoms with Gasteiger partial charge in [-0.25, -0.2) is 4.79 Å². The summed E-state index contributed by atoms with van der Waals surface area (Å²) in [6, 6.07) is -0.584. The minimum atomic E-state index is -2.22. The van der Waals surface area contributed by atoms with Gasteiger partial charge in [0.1, 0.15) is 78.4 Å². The summed E-state index contributed by atoms with van der Waals surface area (Å²) in [7, 11) is 0. The van der Waals surface area contributed by atoms with Crippen molar-refractivity contribution in [1.82, 2.24) is 16.0 Å². The van der Waals surface area contributed by atoms with Crippen LogP contribution in [0.4, 0.5) is 4.79 Å². The van der Waals surface area contributed by atoms with Crippen molar-refractivity contribution in [3.8, 4) is 0 Å². The zero-order valence-electron chi connectivity index (χ0n) is 57.4. The van der Waals surface area contributed by atoms with E-state index in [2.05, 4.69) is 27.7 Å². The molecule has 516 valence electrons. The normalized spacial score (nSPS) is 51.9. The minimum absolute atomic E-state index is 0.0121. The van der Waals surface area contributed by atoms with Gasteiger partial charge in [0.05, 0.1) is 86.3 Å². The van der Waals surface area contributed by atoms with Crippen LogP contribution in [-0.4, -0.2) is 247 Å². The van der Waals surface area contributed by atoms with Gasteiger partial charge in [-0.3, -0.25) is 14.6 Å². The average Bonchev–Trinajstić information content (AvgIpc) is 1.32. The number of rotatable bonds is 22. The van der Waals surface area contributed by atoms with Gasteiger partial charge in [-0.1, -0.05) is 27.2 Å². The lowest BCUT2D eigenvalue weighted by Crippen LogP contribution is -2.86. The lowest BCUT2D eigenvalue weighted by molar-refractivity contribution is -0.417. The van der Waals surface area contributed by atoms with Gasteiger partial charge in [0, 0.05) is 31.3 Å². The highest BCUT2D eigenvalue weighted by Crippen LogP contribution is 2.63. The molecule has 13 N–H and O–H groups in total. The highest BCUT2D eigenvalue weighted by Gasteiger charge is 2.79. The van der Waals surface area contributed by atoms with E-state index < -0.39 is 175 Å². The van der Waals surface area contributed by atoms with Gasteiger partial charge < -0.3 is 105 Å². The van der Waals surface area contributed by atoms with E-state index in [9.17, 15) is 65.4 Å². The molecular formula is C63H112N4O21S. The maximum atomic E-state index is 14.0. The van der Waals surface area contributed by atoms with Crippen LogP contribution in [0.25, 0.3) is 0 Å². The zero-order chi connectivity index (χ0) is 68.8. The van der Waals surface area contributed by atoms with E-state index in [1.807, 2.05) is 0 Å². The van der Waals surface area contributed by atoms with Gasteiger partial charge in [-0.2, -0.15) is 11.8 Å². The topological polar surface area (TPSA) is 376 Å². The number of carbonyl (C=O) groups is 3. The number of urea groups is 1. The van der Waals surface area contributed by atoms with Crippen LogP contribution >= 0.6 is 11.8 Å². The van der Waals surface area contributed by atoms with Crippen molar-refractivity contribution in [1.29, 1.82) is 0 Å². The van der Waals surface area contributed by atoms with Crippen LogP contribution in [0.5, 0.6) is 0 Å². The molecule has 0 aromatic heterocycles. The van der Waals surface area contributed by atoms with Gasteiger partial charge in [-0.05, 0) is 144 Å². The summed E-state index contributed by atoms with van der Waals surface area (Å²) in [5, 5.41) is 130. The summed E-state index contributed by atoms with van der Waals surface area (Å²) in [6.45, 7) is 33.9. The summed E-state index contributed by atoms with van der Waals surface area (Å²) in [4.78, 5) is 43.8. The van der Waals surface area contributed by atoms with E-state index in [0.717, 1.165) is 0 Å². The minimum Gasteiger partial charge on any atom is -0.431 e. The molecular weight excluding hydrogens is 1180 g/mol. The van der Waals surface area contributed by atoms with Crippen LogP contribution in [0.15, 0.2) is 4.99 Å². The lowest BCUT2D eigenvalue weighted by Gasteiger charge is -2.69. The molecule has 26 heteroatoms. The van der Waals surface area contributed by atoms with Gasteiger partial charge >= 0.3 is 12.0 Å². The molecule has 6 saturated heterocycles. The Kier molecular flexibility index (Phi) is 19.2. The number of amides is 3. The lowest BCUT2D eigenvalue weighted by atomic mass is 9.52. The predicted molar refractivity (Wildman–Crippen MR) is 330 cm³/mol. The van der Waals surface area contributed by atoms with Crippen LogP contribution < -0.4 is 16.0 Å². The quantitative estimate of drug-likeness (QED) is 0.0320.